The van der Waals surface area contributed by atoms with Gasteiger partial charge < -0.3 is 9.73 Å². The lowest BCUT2D eigenvalue weighted by Gasteiger charge is -2.08. The molecule has 8 nitrogen and oxygen atoms in total. The first-order chi connectivity index (χ1) is 12.2. The van der Waals surface area contributed by atoms with Crippen LogP contribution in [0.3, 0.4) is 0 Å². The third-order valence-corrected chi connectivity index (χ3v) is 6.70. The van der Waals surface area contributed by atoms with Crippen molar-refractivity contribution in [1.29, 1.82) is 0 Å². The summed E-state index contributed by atoms with van der Waals surface area (Å²) >= 11 is 0. The standard InChI is InChI=1S/C16H20N2O6S2/c1-2-25(20,21)11-9-17-16(19)13-5-7-15(8-6-13)26(22,23)18-12-14-4-3-10-24-14/h3-8,10,18H,2,9,11-12H2,1H3,(H,17,19). The Morgan fingerprint density at radius 1 is 1.08 bits per heavy atom. The molecule has 1 aromatic heterocycles. The Morgan fingerprint density at radius 3 is 2.35 bits per heavy atom. The summed E-state index contributed by atoms with van der Waals surface area (Å²) in [5, 5.41) is 2.50. The highest BCUT2D eigenvalue weighted by Gasteiger charge is 2.16. The van der Waals surface area contributed by atoms with E-state index in [9.17, 15) is 21.6 Å². The molecule has 26 heavy (non-hydrogen) atoms. The minimum absolute atomic E-state index is 0.000239. The van der Waals surface area contributed by atoms with Gasteiger partial charge in [-0.25, -0.2) is 21.6 Å². The molecule has 0 fully saturated rings. The van der Waals surface area contributed by atoms with Crippen LogP contribution in [0.15, 0.2) is 52.0 Å². The zero-order valence-corrected chi connectivity index (χ0v) is 15.8. The maximum atomic E-state index is 12.2. The van der Waals surface area contributed by atoms with Crippen LogP contribution in [0.4, 0.5) is 0 Å². The number of nitrogens with one attached hydrogen (secondary N) is 2. The van der Waals surface area contributed by atoms with Gasteiger partial charge in [-0.3, -0.25) is 4.79 Å². The molecule has 0 aliphatic rings. The van der Waals surface area contributed by atoms with E-state index < -0.39 is 25.8 Å². The Kier molecular flexibility index (Phi) is 6.57. The number of sulfone groups is 1. The summed E-state index contributed by atoms with van der Waals surface area (Å²) in [6, 6.07) is 8.65. The van der Waals surface area contributed by atoms with Crippen LogP contribution in [-0.2, 0) is 26.4 Å². The molecule has 0 saturated heterocycles. The van der Waals surface area contributed by atoms with Crippen molar-refractivity contribution in [2.45, 2.75) is 18.4 Å². The second-order valence-corrected chi connectivity index (χ2v) is 9.66. The summed E-state index contributed by atoms with van der Waals surface area (Å²) < 4.78 is 54.6. The summed E-state index contributed by atoms with van der Waals surface area (Å²) in [5.74, 6) is -0.117. The average Bonchev–Trinajstić information content (AvgIpc) is 3.13. The van der Waals surface area contributed by atoms with Crippen molar-refractivity contribution in [2.75, 3.05) is 18.1 Å². The monoisotopic (exact) mass is 400 g/mol. The van der Waals surface area contributed by atoms with E-state index in [1.165, 1.54) is 37.5 Å². The van der Waals surface area contributed by atoms with Crippen LogP contribution in [0.2, 0.25) is 0 Å². The molecular formula is C16H20N2O6S2. The van der Waals surface area contributed by atoms with Gasteiger partial charge in [-0.2, -0.15) is 0 Å². The molecule has 0 atom stereocenters. The van der Waals surface area contributed by atoms with Crippen molar-refractivity contribution >= 4 is 25.8 Å². The zero-order chi connectivity index (χ0) is 19.2. The van der Waals surface area contributed by atoms with E-state index in [4.69, 9.17) is 4.42 Å². The predicted octanol–water partition coefficient (Wildman–Crippen LogP) is 0.923. The van der Waals surface area contributed by atoms with Crippen molar-refractivity contribution in [3.63, 3.8) is 0 Å². The molecular weight excluding hydrogens is 380 g/mol. The Bertz CT molecular complexity index is 933. The molecule has 0 radical (unpaired) electrons. The summed E-state index contributed by atoms with van der Waals surface area (Å²) in [6.45, 7) is 1.56. The Labute approximate surface area is 152 Å². The van der Waals surface area contributed by atoms with Crippen LogP contribution in [-0.4, -0.2) is 40.8 Å². The molecule has 1 heterocycles. The Hall–Kier alpha value is -2.17. The summed E-state index contributed by atoms with van der Waals surface area (Å²) in [5.41, 5.74) is 0.240. The van der Waals surface area contributed by atoms with Gasteiger partial charge in [-0.05, 0) is 36.4 Å². The molecule has 1 amide bonds. The quantitative estimate of drug-likeness (QED) is 0.645. The first-order valence-corrected chi connectivity index (χ1v) is 11.1. The largest absolute Gasteiger partial charge is 0.468 e. The van der Waals surface area contributed by atoms with Crippen LogP contribution >= 0.6 is 0 Å². The van der Waals surface area contributed by atoms with Crippen LogP contribution in [0.25, 0.3) is 0 Å². The van der Waals surface area contributed by atoms with Crippen LogP contribution in [0.1, 0.15) is 23.0 Å². The maximum absolute atomic E-state index is 12.2. The molecule has 2 aromatic rings. The second-order valence-electron chi connectivity index (χ2n) is 5.42. The number of carbonyl (C=O) groups excluding carboxylic acids is 1. The topological polar surface area (TPSA) is 123 Å². The minimum atomic E-state index is -3.74. The number of sulfonamides is 1. The normalized spacial score (nSPS) is 12.0. The number of furan rings is 1. The highest BCUT2D eigenvalue weighted by atomic mass is 32.2. The third-order valence-electron chi connectivity index (χ3n) is 3.58. The lowest BCUT2D eigenvalue weighted by atomic mass is 10.2. The maximum Gasteiger partial charge on any atom is 0.251 e. The van der Waals surface area contributed by atoms with Crippen molar-refractivity contribution in [1.82, 2.24) is 10.0 Å². The van der Waals surface area contributed by atoms with E-state index >= 15 is 0 Å². The van der Waals surface area contributed by atoms with Gasteiger partial charge in [0.25, 0.3) is 5.91 Å². The number of carbonyl (C=O) groups is 1. The minimum Gasteiger partial charge on any atom is -0.468 e. The smallest absolute Gasteiger partial charge is 0.251 e. The number of hydrogen-bond donors (Lipinski definition) is 2. The Morgan fingerprint density at radius 2 is 1.77 bits per heavy atom. The molecule has 2 N–H and O–H groups in total. The fourth-order valence-electron chi connectivity index (χ4n) is 2.01. The molecule has 0 unspecified atom stereocenters. The van der Waals surface area contributed by atoms with Crippen molar-refractivity contribution < 1.29 is 26.0 Å². The summed E-state index contributed by atoms with van der Waals surface area (Å²) in [4.78, 5) is 12.0. The van der Waals surface area contributed by atoms with E-state index in [2.05, 4.69) is 10.0 Å². The van der Waals surface area contributed by atoms with Crippen molar-refractivity contribution in [3.8, 4) is 0 Å². The van der Waals surface area contributed by atoms with Crippen molar-refractivity contribution in [3.05, 3.63) is 54.0 Å². The molecule has 1 aromatic carbocycles. The first kappa shape index (κ1) is 20.1. The second kappa shape index (κ2) is 8.47. The zero-order valence-electron chi connectivity index (χ0n) is 14.1. The van der Waals surface area contributed by atoms with Gasteiger partial charge >= 0.3 is 0 Å². The van der Waals surface area contributed by atoms with Crippen LogP contribution in [0, 0.1) is 0 Å². The van der Waals surface area contributed by atoms with E-state index in [-0.39, 0.29) is 35.1 Å². The number of rotatable bonds is 9. The highest BCUT2D eigenvalue weighted by molar-refractivity contribution is 7.91. The fourth-order valence-corrected chi connectivity index (χ4v) is 3.71. The van der Waals surface area contributed by atoms with Crippen LogP contribution < -0.4 is 10.0 Å². The van der Waals surface area contributed by atoms with E-state index in [1.807, 2.05) is 0 Å². The van der Waals surface area contributed by atoms with Gasteiger partial charge in [0.15, 0.2) is 9.84 Å². The number of amides is 1. The van der Waals surface area contributed by atoms with E-state index in [1.54, 1.807) is 12.1 Å². The lowest BCUT2D eigenvalue weighted by Crippen LogP contribution is -2.29. The molecule has 0 aliphatic carbocycles. The third kappa shape index (κ3) is 5.68. The average molecular weight is 400 g/mol. The SMILES string of the molecule is CCS(=O)(=O)CCNC(=O)c1ccc(S(=O)(=O)NCc2ccco2)cc1. The molecule has 0 spiro atoms. The van der Waals surface area contributed by atoms with Crippen LogP contribution in [0.5, 0.6) is 0 Å². The molecule has 0 saturated carbocycles. The molecule has 10 heteroatoms. The van der Waals surface area contributed by atoms with Gasteiger partial charge in [0.05, 0.1) is 23.5 Å². The van der Waals surface area contributed by atoms with Gasteiger partial charge in [0.2, 0.25) is 10.0 Å². The van der Waals surface area contributed by atoms with Gasteiger partial charge in [-0.1, -0.05) is 6.92 Å². The van der Waals surface area contributed by atoms with Gasteiger partial charge in [-0.15, -0.1) is 0 Å². The number of benzene rings is 1. The van der Waals surface area contributed by atoms with Crippen molar-refractivity contribution in [2.24, 2.45) is 0 Å². The highest BCUT2D eigenvalue weighted by Crippen LogP contribution is 2.11. The van der Waals surface area contributed by atoms with Gasteiger partial charge in [0, 0.05) is 17.9 Å². The summed E-state index contributed by atoms with van der Waals surface area (Å²) in [7, 11) is -6.90. The first-order valence-electron chi connectivity index (χ1n) is 7.84. The molecule has 0 aliphatic heterocycles. The molecule has 2 rings (SSSR count). The van der Waals surface area contributed by atoms with Gasteiger partial charge in [0.1, 0.15) is 5.76 Å². The predicted molar refractivity (Wildman–Crippen MR) is 95.8 cm³/mol. The fraction of sp³-hybridized carbons (Fsp3) is 0.312. The van der Waals surface area contributed by atoms with E-state index in [0.29, 0.717) is 5.76 Å². The molecule has 142 valence electrons. The Balaban J connectivity index is 1.95. The lowest BCUT2D eigenvalue weighted by molar-refractivity contribution is 0.0956. The number of hydrogen-bond acceptors (Lipinski definition) is 6. The summed E-state index contributed by atoms with van der Waals surface area (Å²) in [6.07, 6.45) is 1.45. The molecule has 0 bridgehead atoms. The van der Waals surface area contributed by atoms with E-state index in [0.717, 1.165) is 0 Å².